The topological polar surface area (TPSA) is 60.2 Å². The highest BCUT2D eigenvalue weighted by Crippen LogP contribution is 2.25. The Morgan fingerprint density at radius 2 is 2.42 bits per heavy atom. The second kappa shape index (κ2) is 5.07. The van der Waals surface area contributed by atoms with Crippen LogP contribution in [0.2, 0.25) is 0 Å². The average molecular weight is 277 g/mol. The van der Waals surface area contributed by atoms with Crippen LogP contribution in [-0.2, 0) is 11.3 Å². The van der Waals surface area contributed by atoms with Crippen LogP contribution in [0.25, 0.3) is 10.2 Å². The molecule has 0 amide bonds. The summed E-state index contributed by atoms with van der Waals surface area (Å²) in [5.41, 5.74) is 7.97. The fraction of sp³-hybridized carbons (Fsp3) is 0.500. The summed E-state index contributed by atoms with van der Waals surface area (Å²) in [7, 11) is 0. The first-order valence-electron chi connectivity index (χ1n) is 6.64. The van der Waals surface area contributed by atoms with Crippen molar-refractivity contribution in [3.05, 3.63) is 23.8 Å². The van der Waals surface area contributed by atoms with Gasteiger partial charge in [-0.25, -0.2) is 4.98 Å². The quantitative estimate of drug-likeness (QED) is 0.901. The van der Waals surface area contributed by atoms with Crippen molar-refractivity contribution in [1.82, 2.24) is 10.3 Å². The number of ether oxygens (including phenoxy) is 1. The van der Waals surface area contributed by atoms with Gasteiger partial charge in [0.05, 0.1) is 15.8 Å². The van der Waals surface area contributed by atoms with Gasteiger partial charge in [0, 0.05) is 19.7 Å². The second-order valence-electron chi connectivity index (χ2n) is 5.36. The van der Waals surface area contributed by atoms with E-state index in [4.69, 9.17) is 10.5 Å². The summed E-state index contributed by atoms with van der Waals surface area (Å²) < 4.78 is 6.92. The zero-order valence-electron chi connectivity index (χ0n) is 11.1. The Balaban J connectivity index is 1.61. The molecular weight excluding hydrogens is 258 g/mol. The fourth-order valence-electron chi connectivity index (χ4n) is 2.54. The van der Waals surface area contributed by atoms with Crippen molar-refractivity contribution < 1.29 is 4.74 Å². The van der Waals surface area contributed by atoms with Gasteiger partial charge in [0.25, 0.3) is 0 Å². The van der Waals surface area contributed by atoms with Crippen molar-refractivity contribution >= 4 is 26.7 Å². The maximum atomic E-state index is 5.76. The van der Waals surface area contributed by atoms with E-state index in [1.165, 1.54) is 23.3 Å². The molecule has 5 heteroatoms. The predicted octanol–water partition coefficient (Wildman–Crippen LogP) is 2.54. The molecule has 1 atom stereocenters. The molecular formula is C14H19N3OS. The summed E-state index contributed by atoms with van der Waals surface area (Å²) in [6, 6.07) is 6.30. The Bertz CT molecular complexity index is 575. The van der Waals surface area contributed by atoms with Crippen molar-refractivity contribution in [3.8, 4) is 0 Å². The van der Waals surface area contributed by atoms with E-state index in [9.17, 15) is 0 Å². The summed E-state index contributed by atoms with van der Waals surface area (Å²) in [6.07, 6.45) is 2.31. The maximum absolute atomic E-state index is 5.76. The first-order valence-corrected chi connectivity index (χ1v) is 7.46. The summed E-state index contributed by atoms with van der Waals surface area (Å²) in [4.78, 5) is 4.26. The van der Waals surface area contributed by atoms with E-state index in [1.54, 1.807) is 0 Å². The Morgan fingerprint density at radius 3 is 3.21 bits per heavy atom. The SMILES string of the molecule is CC1(CNCc2ccc3nc(N)sc3c2)CCCO1. The molecule has 4 nitrogen and oxygen atoms in total. The van der Waals surface area contributed by atoms with E-state index in [1.807, 2.05) is 6.07 Å². The third-order valence-corrected chi connectivity index (χ3v) is 4.45. The standard InChI is InChI=1S/C14H19N3OS/c1-14(5-2-6-18-14)9-16-8-10-3-4-11-12(7-10)19-13(15)17-11/h3-4,7,16H,2,5-6,8-9H2,1H3,(H2,15,17). The number of anilines is 1. The molecule has 1 unspecified atom stereocenters. The zero-order chi connectivity index (χ0) is 13.3. The molecule has 1 aliphatic rings. The molecule has 0 radical (unpaired) electrons. The van der Waals surface area contributed by atoms with Gasteiger partial charge in [-0.2, -0.15) is 0 Å². The van der Waals surface area contributed by atoms with Crippen LogP contribution in [0.3, 0.4) is 0 Å². The van der Waals surface area contributed by atoms with E-state index >= 15 is 0 Å². The minimum atomic E-state index is 0.0129. The lowest BCUT2D eigenvalue weighted by molar-refractivity contribution is 0.0207. The summed E-state index contributed by atoms with van der Waals surface area (Å²) in [5.74, 6) is 0. The third kappa shape index (κ3) is 2.88. The molecule has 1 aliphatic heterocycles. The molecule has 0 aliphatic carbocycles. The molecule has 1 aromatic carbocycles. The monoisotopic (exact) mass is 277 g/mol. The molecule has 1 fully saturated rings. The van der Waals surface area contributed by atoms with Gasteiger partial charge in [0.2, 0.25) is 0 Å². The Hall–Kier alpha value is -1.17. The van der Waals surface area contributed by atoms with Gasteiger partial charge in [-0.1, -0.05) is 17.4 Å². The number of nitrogens with zero attached hydrogens (tertiary/aromatic N) is 1. The number of nitrogens with one attached hydrogen (secondary N) is 1. The van der Waals surface area contributed by atoms with Crippen LogP contribution in [-0.4, -0.2) is 23.7 Å². The van der Waals surface area contributed by atoms with Crippen LogP contribution in [0.4, 0.5) is 5.13 Å². The van der Waals surface area contributed by atoms with Gasteiger partial charge in [-0.15, -0.1) is 0 Å². The molecule has 3 N–H and O–H groups in total. The normalized spacial score (nSPS) is 23.2. The first kappa shape index (κ1) is 12.8. The number of nitrogens with two attached hydrogens (primary N) is 1. The van der Waals surface area contributed by atoms with Crippen molar-refractivity contribution in [2.24, 2.45) is 0 Å². The number of nitrogen functional groups attached to an aromatic ring is 1. The van der Waals surface area contributed by atoms with E-state index in [0.717, 1.165) is 36.3 Å². The van der Waals surface area contributed by atoms with Crippen molar-refractivity contribution in [1.29, 1.82) is 0 Å². The molecule has 102 valence electrons. The van der Waals surface area contributed by atoms with Crippen LogP contribution in [0.1, 0.15) is 25.3 Å². The highest BCUT2D eigenvalue weighted by Gasteiger charge is 2.28. The Kier molecular flexibility index (Phi) is 3.43. The molecule has 2 aromatic rings. The van der Waals surface area contributed by atoms with Crippen molar-refractivity contribution in [3.63, 3.8) is 0 Å². The number of fused-ring (bicyclic) bond motifs is 1. The van der Waals surface area contributed by atoms with Crippen LogP contribution >= 0.6 is 11.3 Å². The summed E-state index contributed by atoms with van der Waals surface area (Å²) >= 11 is 1.54. The molecule has 2 heterocycles. The minimum absolute atomic E-state index is 0.0129. The predicted molar refractivity (Wildman–Crippen MR) is 79.3 cm³/mol. The zero-order valence-corrected chi connectivity index (χ0v) is 11.9. The maximum Gasteiger partial charge on any atom is 0.181 e. The lowest BCUT2D eigenvalue weighted by Crippen LogP contribution is -2.36. The van der Waals surface area contributed by atoms with Gasteiger partial charge >= 0.3 is 0 Å². The molecule has 0 bridgehead atoms. The summed E-state index contributed by atoms with van der Waals surface area (Å²) in [6.45, 7) is 4.83. The van der Waals surface area contributed by atoms with Crippen LogP contribution in [0.5, 0.6) is 0 Å². The van der Waals surface area contributed by atoms with Crippen molar-refractivity contribution in [2.45, 2.75) is 31.9 Å². The minimum Gasteiger partial charge on any atom is -0.375 e. The fourth-order valence-corrected chi connectivity index (χ4v) is 3.34. The summed E-state index contributed by atoms with van der Waals surface area (Å²) in [5, 5.41) is 4.12. The number of rotatable bonds is 4. The molecule has 19 heavy (non-hydrogen) atoms. The average Bonchev–Trinajstić information content (AvgIpc) is 2.94. The highest BCUT2D eigenvalue weighted by molar-refractivity contribution is 7.22. The largest absolute Gasteiger partial charge is 0.375 e. The first-order chi connectivity index (χ1) is 9.15. The number of hydrogen-bond donors (Lipinski definition) is 2. The third-order valence-electron chi connectivity index (χ3n) is 3.60. The molecule has 1 aromatic heterocycles. The highest BCUT2D eigenvalue weighted by atomic mass is 32.1. The van der Waals surface area contributed by atoms with Gasteiger partial charge in [0.15, 0.2) is 5.13 Å². The van der Waals surface area contributed by atoms with E-state index in [0.29, 0.717) is 5.13 Å². The van der Waals surface area contributed by atoms with Crippen LogP contribution in [0.15, 0.2) is 18.2 Å². The Labute approximate surface area is 117 Å². The van der Waals surface area contributed by atoms with Gasteiger partial charge < -0.3 is 15.8 Å². The van der Waals surface area contributed by atoms with Crippen LogP contribution < -0.4 is 11.1 Å². The lowest BCUT2D eigenvalue weighted by atomic mass is 10.0. The van der Waals surface area contributed by atoms with Gasteiger partial charge in [0.1, 0.15) is 0 Å². The smallest absolute Gasteiger partial charge is 0.181 e. The van der Waals surface area contributed by atoms with E-state index in [2.05, 4.69) is 29.4 Å². The molecule has 0 spiro atoms. The molecule has 1 saturated heterocycles. The number of thiazole rings is 1. The number of benzene rings is 1. The number of hydrogen-bond acceptors (Lipinski definition) is 5. The molecule has 0 saturated carbocycles. The van der Waals surface area contributed by atoms with E-state index < -0.39 is 0 Å². The van der Waals surface area contributed by atoms with Gasteiger partial charge in [-0.3, -0.25) is 0 Å². The molecule has 3 rings (SSSR count). The number of aromatic nitrogens is 1. The second-order valence-corrected chi connectivity index (χ2v) is 6.42. The van der Waals surface area contributed by atoms with Gasteiger partial charge in [-0.05, 0) is 37.5 Å². The Morgan fingerprint density at radius 1 is 1.53 bits per heavy atom. The lowest BCUT2D eigenvalue weighted by Gasteiger charge is -2.23. The van der Waals surface area contributed by atoms with Crippen molar-refractivity contribution in [2.75, 3.05) is 18.9 Å². The van der Waals surface area contributed by atoms with E-state index in [-0.39, 0.29) is 5.60 Å². The van der Waals surface area contributed by atoms with Crippen LogP contribution in [0, 0.1) is 0 Å².